The van der Waals surface area contributed by atoms with Gasteiger partial charge in [-0.1, -0.05) is 6.07 Å². The molecule has 1 atom stereocenters. The molecule has 1 unspecified atom stereocenters. The highest BCUT2D eigenvalue weighted by Gasteiger charge is 2.26. The van der Waals surface area contributed by atoms with E-state index < -0.39 is 0 Å². The quantitative estimate of drug-likeness (QED) is 0.519. The molecule has 0 fully saturated rings. The van der Waals surface area contributed by atoms with Crippen molar-refractivity contribution >= 4 is 23.0 Å². The van der Waals surface area contributed by atoms with Crippen LogP contribution in [-0.2, 0) is 11.2 Å². The molecule has 2 N–H and O–H groups in total. The Hall–Kier alpha value is -3.94. The zero-order valence-corrected chi connectivity index (χ0v) is 16.2. The van der Waals surface area contributed by atoms with Gasteiger partial charge >= 0.3 is 5.97 Å². The SMILES string of the molecule is COC(=O)c1ccc2c(c1)CC(c1nc3ccc(-c4ccnc(N)n4)cc3o1)CO2. The molecule has 0 amide bonds. The molecule has 0 saturated heterocycles. The summed E-state index contributed by atoms with van der Waals surface area (Å²) < 4.78 is 16.7. The fourth-order valence-corrected chi connectivity index (χ4v) is 3.61. The van der Waals surface area contributed by atoms with E-state index >= 15 is 0 Å². The number of rotatable bonds is 3. The summed E-state index contributed by atoms with van der Waals surface area (Å²) in [6, 6.07) is 12.8. The zero-order valence-electron chi connectivity index (χ0n) is 16.2. The van der Waals surface area contributed by atoms with Crippen LogP contribution in [0.1, 0.15) is 27.7 Å². The molecule has 0 bridgehead atoms. The van der Waals surface area contributed by atoms with Gasteiger partial charge in [0.05, 0.1) is 24.3 Å². The van der Waals surface area contributed by atoms with E-state index in [-0.39, 0.29) is 17.8 Å². The molecule has 2 aromatic carbocycles. The van der Waals surface area contributed by atoms with Crippen molar-refractivity contribution in [2.24, 2.45) is 0 Å². The number of methoxy groups -OCH3 is 1. The van der Waals surface area contributed by atoms with E-state index in [0.29, 0.717) is 35.8 Å². The highest BCUT2D eigenvalue weighted by atomic mass is 16.5. The Labute approximate surface area is 171 Å². The Bertz CT molecular complexity index is 1270. The first-order valence-electron chi connectivity index (χ1n) is 9.44. The number of aromatic nitrogens is 3. The molecule has 0 aliphatic carbocycles. The van der Waals surface area contributed by atoms with Crippen LogP contribution in [0, 0.1) is 0 Å². The van der Waals surface area contributed by atoms with Gasteiger partial charge in [-0.3, -0.25) is 0 Å². The number of anilines is 1. The first kappa shape index (κ1) is 18.1. The summed E-state index contributed by atoms with van der Waals surface area (Å²) in [7, 11) is 1.36. The van der Waals surface area contributed by atoms with Crippen LogP contribution < -0.4 is 10.5 Å². The third-order valence-corrected chi connectivity index (χ3v) is 5.11. The number of nitrogen functional groups attached to an aromatic ring is 1. The number of nitrogens with two attached hydrogens (primary N) is 1. The fourth-order valence-electron chi connectivity index (χ4n) is 3.61. The third-order valence-electron chi connectivity index (χ3n) is 5.11. The highest BCUT2D eigenvalue weighted by Crippen LogP contribution is 2.34. The Morgan fingerprint density at radius 1 is 1.17 bits per heavy atom. The molecule has 8 heteroatoms. The van der Waals surface area contributed by atoms with Gasteiger partial charge in [0.25, 0.3) is 0 Å². The van der Waals surface area contributed by atoms with E-state index in [1.165, 1.54) is 7.11 Å². The number of fused-ring (bicyclic) bond motifs is 2. The monoisotopic (exact) mass is 402 g/mol. The maximum absolute atomic E-state index is 11.8. The van der Waals surface area contributed by atoms with Crippen molar-refractivity contribution in [3.8, 4) is 17.0 Å². The standard InChI is InChI=1S/C22H18N4O4/c1-28-21(27)13-3-5-18-14(8-13)9-15(11-29-18)20-25-17-4-2-12(10-19(17)30-20)16-6-7-24-22(23)26-16/h2-8,10,15H,9,11H2,1H3,(H2,23,24,26). The molecule has 5 rings (SSSR count). The van der Waals surface area contributed by atoms with Gasteiger partial charge in [-0.2, -0.15) is 0 Å². The lowest BCUT2D eigenvalue weighted by Crippen LogP contribution is -2.20. The van der Waals surface area contributed by atoms with Gasteiger partial charge in [-0.05, 0) is 48.4 Å². The summed E-state index contributed by atoms with van der Waals surface area (Å²) in [5.41, 5.74) is 10.1. The lowest BCUT2D eigenvalue weighted by molar-refractivity contribution is 0.0600. The smallest absolute Gasteiger partial charge is 0.337 e. The van der Waals surface area contributed by atoms with Gasteiger partial charge in [0.15, 0.2) is 5.58 Å². The molecular weight excluding hydrogens is 384 g/mol. The molecule has 0 saturated carbocycles. The van der Waals surface area contributed by atoms with Crippen molar-refractivity contribution in [2.75, 3.05) is 19.5 Å². The number of ether oxygens (including phenoxy) is 2. The molecule has 150 valence electrons. The minimum Gasteiger partial charge on any atom is -0.492 e. The van der Waals surface area contributed by atoms with Crippen LogP contribution in [-0.4, -0.2) is 34.6 Å². The lowest BCUT2D eigenvalue weighted by atomic mass is 9.95. The van der Waals surface area contributed by atoms with Gasteiger partial charge in [0.1, 0.15) is 17.9 Å². The Balaban J connectivity index is 1.45. The van der Waals surface area contributed by atoms with Crippen LogP contribution in [0.3, 0.4) is 0 Å². The topological polar surface area (TPSA) is 113 Å². The summed E-state index contributed by atoms with van der Waals surface area (Å²) in [6.45, 7) is 0.451. The van der Waals surface area contributed by atoms with Gasteiger partial charge in [0, 0.05) is 11.8 Å². The average Bonchev–Trinajstić information content (AvgIpc) is 3.21. The fraction of sp³-hybridized carbons (Fsp3) is 0.182. The highest BCUT2D eigenvalue weighted by molar-refractivity contribution is 5.89. The normalized spacial score (nSPS) is 15.4. The van der Waals surface area contributed by atoms with Crippen LogP contribution in [0.15, 0.2) is 53.1 Å². The van der Waals surface area contributed by atoms with E-state index in [0.717, 1.165) is 22.4 Å². The van der Waals surface area contributed by atoms with Crippen LogP contribution >= 0.6 is 0 Å². The average molecular weight is 402 g/mol. The molecule has 1 aliphatic heterocycles. The molecule has 30 heavy (non-hydrogen) atoms. The number of esters is 1. The van der Waals surface area contributed by atoms with Gasteiger partial charge < -0.3 is 19.6 Å². The Morgan fingerprint density at radius 2 is 2.07 bits per heavy atom. The number of carbonyl (C=O) groups excluding carboxylic acids is 1. The maximum Gasteiger partial charge on any atom is 0.337 e. The Kier molecular flexibility index (Phi) is 4.31. The first-order chi connectivity index (χ1) is 14.6. The van der Waals surface area contributed by atoms with Crippen molar-refractivity contribution in [1.82, 2.24) is 15.0 Å². The summed E-state index contributed by atoms with van der Waals surface area (Å²) in [4.78, 5) is 24.6. The van der Waals surface area contributed by atoms with E-state index in [1.54, 1.807) is 30.5 Å². The molecular formula is C22H18N4O4. The van der Waals surface area contributed by atoms with Crippen LogP contribution in [0.25, 0.3) is 22.4 Å². The minimum atomic E-state index is -0.375. The number of carbonyl (C=O) groups is 1. The van der Waals surface area contributed by atoms with Crippen molar-refractivity contribution in [3.05, 3.63) is 65.7 Å². The van der Waals surface area contributed by atoms with E-state index in [9.17, 15) is 4.79 Å². The minimum absolute atomic E-state index is 0.0593. The van der Waals surface area contributed by atoms with Crippen LogP contribution in [0.2, 0.25) is 0 Å². The number of nitrogens with zero attached hydrogens (tertiary/aromatic N) is 3. The van der Waals surface area contributed by atoms with E-state index in [1.807, 2.05) is 18.2 Å². The molecule has 8 nitrogen and oxygen atoms in total. The van der Waals surface area contributed by atoms with Crippen molar-refractivity contribution < 1.29 is 18.7 Å². The van der Waals surface area contributed by atoms with E-state index in [4.69, 9.17) is 19.6 Å². The third kappa shape index (κ3) is 3.22. The van der Waals surface area contributed by atoms with E-state index in [2.05, 4.69) is 15.0 Å². The van der Waals surface area contributed by atoms with Crippen LogP contribution in [0.4, 0.5) is 5.95 Å². The van der Waals surface area contributed by atoms with Crippen molar-refractivity contribution in [3.63, 3.8) is 0 Å². The number of benzene rings is 2. The predicted molar refractivity (Wildman–Crippen MR) is 109 cm³/mol. The molecule has 3 heterocycles. The van der Waals surface area contributed by atoms with Gasteiger partial charge in [-0.25, -0.2) is 19.7 Å². The van der Waals surface area contributed by atoms with Gasteiger partial charge in [-0.15, -0.1) is 0 Å². The summed E-state index contributed by atoms with van der Waals surface area (Å²) >= 11 is 0. The summed E-state index contributed by atoms with van der Waals surface area (Å²) in [5.74, 6) is 1.14. The molecule has 0 spiro atoms. The second-order valence-electron chi connectivity index (χ2n) is 7.06. The second kappa shape index (κ2) is 7.14. The number of hydrogen-bond acceptors (Lipinski definition) is 8. The number of oxazole rings is 1. The number of hydrogen-bond donors (Lipinski definition) is 1. The molecule has 0 radical (unpaired) electrons. The Morgan fingerprint density at radius 3 is 2.90 bits per heavy atom. The van der Waals surface area contributed by atoms with Gasteiger partial charge in [0.2, 0.25) is 11.8 Å². The lowest BCUT2D eigenvalue weighted by Gasteiger charge is -2.23. The molecule has 2 aromatic heterocycles. The summed E-state index contributed by atoms with van der Waals surface area (Å²) in [6.07, 6.45) is 2.27. The first-order valence-corrected chi connectivity index (χ1v) is 9.44. The largest absolute Gasteiger partial charge is 0.492 e. The molecule has 4 aromatic rings. The molecule has 1 aliphatic rings. The second-order valence-corrected chi connectivity index (χ2v) is 7.06. The maximum atomic E-state index is 11.8. The predicted octanol–water partition coefficient (Wildman–Crippen LogP) is 3.37. The van der Waals surface area contributed by atoms with Crippen molar-refractivity contribution in [1.29, 1.82) is 0 Å². The summed E-state index contributed by atoms with van der Waals surface area (Å²) in [5, 5.41) is 0. The van der Waals surface area contributed by atoms with Crippen LogP contribution in [0.5, 0.6) is 5.75 Å². The zero-order chi connectivity index (χ0) is 20.7. The van der Waals surface area contributed by atoms with Crippen molar-refractivity contribution in [2.45, 2.75) is 12.3 Å².